The standard InChI is InChI=1S/C17H17NO3/c18-12-8-9-15(19)14(10-12)17(20)21-16-7-3-5-11-4-1-2-6-13(11)16/h1-2,4,6,8-10,16,19H,3,5,7,18H2. The average molecular weight is 283 g/mol. The van der Waals surface area contributed by atoms with Crippen molar-refractivity contribution >= 4 is 11.7 Å². The molecule has 0 aromatic heterocycles. The predicted octanol–water partition coefficient (Wildman–Crippen LogP) is 3.21. The number of rotatable bonds is 2. The number of fused-ring (bicyclic) bond motifs is 1. The summed E-state index contributed by atoms with van der Waals surface area (Å²) in [6.45, 7) is 0. The van der Waals surface area contributed by atoms with Crippen LogP contribution in [0.4, 0.5) is 5.69 Å². The highest BCUT2D eigenvalue weighted by Gasteiger charge is 2.24. The maximum Gasteiger partial charge on any atom is 0.342 e. The van der Waals surface area contributed by atoms with Crippen LogP contribution in [-0.4, -0.2) is 11.1 Å². The summed E-state index contributed by atoms with van der Waals surface area (Å²) in [5, 5.41) is 9.77. The van der Waals surface area contributed by atoms with Crippen molar-refractivity contribution in [2.24, 2.45) is 0 Å². The molecular formula is C17H17NO3. The van der Waals surface area contributed by atoms with Crippen molar-refractivity contribution in [2.45, 2.75) is 25.4 Å². The number of phenols is 1. The van der Waals surface area contributed by atoms with Gasteiger partial charge in [0.05, 0.1) is 0 Å². The van der Waals surface area contributed by atoms with Gasteiger partial charge in [-0.05, 0) is 48.6 Å². The number of phenolic OH excluding ortho intramolecular Hbond substituents is 1. The minimum Gasteiger partial charge on any atom is -0.507 e. The van der Waals surface area contributed by atoms with E-state index in [4.69, 9.17) is 10.5 Å². The van der Waals surface area contributed by atoms with Crippen LogP contribution in [-0.2, 0) is 11.2 Å². The van der Waals surface area contributed by atoms with Gasteiger partial charge in [-0.3, -0.25) is 0 Å². The number of hydrogen-bond acceptors (Lipinski definition) is 4. The highest BCUT2D eigenvalue weighted by atomic mass is 16.5. The van der Waals surface area contributed by atoms with Gasteiger partial charge in [0, 0.05) is 5.69 Å². The summed E-state index contributed by atoms with van der Waals surface area (Å²) in [6, 6.07) is 12.4. The number of aryl methyl sites for hydroxylation is 1. The number of anilines is 1. The molecule has 1 aliphatic rings. The number of ether oxygens (including phenoxy) is 1. The molecule has 0 heterocycles. The summed E-state index contributed by atoms with van der Waals surface area (Å²) in [4.78, 5) is 12.3. The summed E-state index contributed by atoms with van der Waals surface area (Å²) in [5.74, 6) is -0.653. The molecule has 2 aromatic carbocycles. The molecular weight excluding hydrogens is 266 g/mol. The second kappa shape index (κ2) is 5.48. The van der Waals surface area contributed by atoms with E-state index in [1.54, 1.807) is 6.07 Å². The quantitative estimate of drug-likeness (QED) is 0.504. The van der Waals surface area contributed by atoms with Gasteiger partial charge in [0.2, 0.25) is 0 Å². The Balaban J connectivity index is 1.84. The van der Waals surface area contributed by atoms with Crippen LogP contribution in [0.15, 0.2) is 42.5 Å². The number of benzene rings is 2. The summed E-state index contributed by atoms with van der Waals surface area (Å²) in [6.07, 6.45) is 2.53. The van der Waals surface area contributed by atoms with Gasteiger partial charge in [-0.1, -0.05) is 24.3 Å². The van der Waals surface area contributed by atoms with Crippen molar-refractivity contribution in [3.8, 4) is 5.75 Å². The van der Waals surface area contributed by atoms with Crippen LogP contribution < -0.4 is 5.73 Å². The van der Waals surface area contributed by atoms with Gasteiger partial charge in [0.25, 0.3) is 0 Å². The molecule has 0 saturated carbocycles. The molecule has 0 radical (unpaired) electrons. The molecule has 0 saturated heterocycles. The topological polar surface area (TPSA) is 72.5 Å². The van der Waals surface area contributed by atoms with Crippen LogP contribution in [0.25, 0.3) is 0 Å². The minimum absolute atomic E-state index is 0.109. The van der Waals surface area contributed by atoms with Crippen molar-refractivity contribution in [3.05, 3.63) is 59.2 Å². The molecule has 21 heavy (non-hydrogen) atoms. The van der Waals surface area contributed by atoms with Gasteiger partial charge in [0.15, 0.2) is 0 Å². The molecule has 4 heteroatoms. The molecule has 0 spiro atoms. The van der Waals surface area contributed by atoms with Gasteiger partial charge >= 0.3 is 5.97 Å². The maximum atomic E-state index is 12.3. The van der Waals surface area contributed by atoms with Gasteiger partial charge in [0.1, 0.15) is 17.4 Å². The molecule has 0 amide bonds. The largest absolute Gasteiger partial charge is 0.507 e. The average Bonchev–Trinajstić information content (AvgIpc) is 2.50. The van der Waals surface area contributed by atoms with E-state index in [0.29, 0.717) is 5.69 Å². The number of aromatic hydroxyl groups is 1. The zero-order valence-electron chi connectivity index (χ0n) is 11.6. The van der Waals surface area contributed by atoms with Gasteiger partial charge in [-0.2, -0.15) is 0 Å². The van der Waals surface area contributed by atoms with Crippen LogP contribution in [0.5, 0.6) is 5.75 Å². The molecule has 0 aliphatic heterocycles. The zero-order chi connectivity index (χ0) is 14.8. The first-order chi connectivity index (χ1) is 10.1. The highest BCUT2D eigenvalue weighted by Crippen LogP contribution is 2.33. The van der Waals surface area contributed by atoms with E-state index in [1.165, 1.54) is 17.7 Å². The molecule has 4 nitrogen and oxygen atoms in total. The fraction of sp³-hybridized carbons (Fsp3) is 0.235. The van der Waals surface area contributed by atoms with Gasteiger partial charge in [-0.25, -0.2) is 4.79 Å². The smallest absolute Gasteiger partial charge is 0.342 e. The van der Waals surface area contributed by atoms with E-state index in [2.05, 4.69) is 6.07 Å². The van der Waals surface area contributed by atoms with Gasteiger partial charge < -0.3 is 15.6 Å². The molecule has 1 aliphatic carbocycles. The van der Waals surface area contributed by atoms with Crippen LogP contribution >= 0.6 is 0 Å². The van der Waals surface area contributed by atoms with Gasteiger partial charge in [-0.15, -0.1) is 0 Å². The number of nitrogens with two attached hydrogens (primary N) is 1. The molecule has 0 fully saturated rings. The fourth-order valence-electron chi connectivity index (χ4n) is 2.74. The van der Waals surface area contributed by atoms with E-state index in [1.807, 2.05) is 18.2 Å². The molecule has 2 aromatic rings. The first-order valence-corrected chi connectivity index (χ1v) is 7.02. The maximum absolute atomic E-state index is 12.3. The highest BCUT2D eigenvalue weighted by molar-refractivity contribution is 5.93. The SMILES string of the molecule is Nc1ccc(O)c(C(=O)OC2CCCc3ccccc32)c1. The zero-order valence-corrected chi connectivity index (χ0v) is 11.6. The first kappa shape index (κ1) is 13.5. The van der Waals surface area contributed by atoms with Crippen molar-refractivity contribution in [1.82, 2.24) is 0 Å². The van der Waals surface area contributed by atoms with Crippen LogP contribution in [0.3, 0.4) is 0 Å². The van der Waals surface area contributed by atoms with Crippen molar-refractivity contribution in [1.29, 1.82) is 0 Å². The number of hydrogen-bond donors (Lipinski definition) is 2. The third-order valence-corrected chi connectivity index (χ3v) is 3.80. The summed E-state index contributed by atoms with van der Waals surface area (Å²) in [7, 11) is 0. The Kier molecular flexibility index (Phi) is 3.52. The Morgan fingerprint density at radius 3 is 2.90 bits per heavy atom. The monoisotopic (exact) mass is 283 g/mol. The lowest BCUT2D eigenvalue weighted by Gasteiger charge is -2.25. The van der Waals surface area contributed by atoms with Crippen molar-refractivity contribution in [3.63, 3.8) is 0 Å². The third-order valence-electron chi connectivity index (χ3n) is 3.80. The van der Waals surface area contributed by atoms with E-state index >= 15 is 0 Å². The second-order valence-corrected chi connectivity index (χ2v) is 5.26. The Labute approximate surface area is 123 Å². The Hall–Kier alpha value is -2.49. The molecule has 3 N–H and O–H groups in total. The Morgan fingerprint density at radius 1 is 1.24 bits per heavy atom. The Morgan fingerprint density at radius 2 is 2.05 bits per heavy atom. The van der Waals surface area contributed by atoms with Crippen LogP contribution in [0, 0.1) is 0 Å². The van der Waals surface area contributed by atoms with E-state index in [-0.39, 0.29) is 17.4 Å². The van der Waals surface area contributed by atoms with E-state index in [9.17, 15) is 9.90 Å². The number of carbonyl (C=O) groups is 1. The molecule has 108 valence electrons. The fourth-order valence-corrected chi connectivity index (χ4v) is 2.74. The van der Waals surface area contributed by atoms with Crippen molar-refractivity contribution in [2.75, 3.05) is 5.73 Å². The van der Waals surface area contributed by atoms with E-state index in [0.717, 1.165) is 24.8 Å². The minimum atomic E-state index is -0.540. The van der Waals surface area contributed by atoms with Crippen LogP contribution in [0.2, 0.25) is 0 Å². The first-order valence-electron chi connectivity index (χ1n) is 7.02. The molecule has 0 bridgehead atoms. The predicted molar refractivity (Wildman–Crippen MR) is 80.1 cm³/mol. The lowest BCUT2D eigenvalue weighted by atomic mass is 9.89. The van der Waals surface area contributed by atoms with Crippen molar-refractivity contribution < 1.29 is 14.6 Å². The van der Waals surface area contributed by atoms with E-state index < -0.39 is 5.97 Å². The molecule has 1 unspecified atom stereocenters. The second-order valence-electron chi connectivity index (χ2n) is 5.26. The van der Waals surface area contributed by atoms with Crippen LogP contribution in [0.1, 0.15) is 40.4 Å². The lowest BCUT2D eigenvalue weighted by molar-refractivity contribution is 0.0253. The Bertz CT molecular complexity index is 681. The molecule has 3 rings (SSSR count). The normalized spacial score (nSPS) is 17.0. The summed E-state index contributed by atoms with van der Waals surface area (Å²) in [5.41, 5.74) is 8.46. The molecule has 1 atom stereocenters. The lowest BCUT2D eigenvalue weighted by Crippen LogP contribution is -2.17. The number of esters is 1. The number of carbonyl (C=O) groups excluding carboxylic acids is 1. The third kappa shape index (κ3) is 2.70. The summed E-state index contributed by atoms with van der Waals surface area (Å²) < 4.78 is 5.59. The summed E-state index contributed by atoms with van der Waals surface area (Å²) >= 11 is 0. The number of nitrogen functional groups attached to an aromatic ring is 1.